The summed E-state index contributed by atoms with van der Waals surface area (Å²) in [6, 6.07) is 4.99. The molecule has 0 saturated heterocycles. The molecule has 2 aliphatic carbocycles. The van der Waals surface area contributed by atoms with Crippen molar-refractivity contribution >= 4 is 17.5 Å². The zero-order chi connectivity index (χ0) is 15.5. The molecule has 0 N–H and O–H groups in total. The van der Waals surface area contributed by atoms with Crippen molar-refractivity contribution < 1.29 is 9.18 Å². The summed E-state index contributed by atoms with van der Waals surface area (Å²) in [6.07, 6.45) is 8.75. The van der Waals surface area contributed by atoms with Crippen LogP contribution in [0.15, 0.2) is 18.2 Å². The number of hydrogen-bond acceptors (Lipinski definition) is 1. The molecule has 1 amide bonds. The molecule has 2 aliphatic rings. The standard InChI is InChI=1S/C18H23ClFNO/c19-16-6-3-7-17(20)15(16)12-21(14-9-10-14)18(22)11-8-13-4-1-2-5-13/h3,6-7,13-14H,1-2,4-5,8-12H2. The molecule has 3 rings (SSSR count). The van der Waals surface area contributed by atoms with Gasteiger partial charge in [0.2, 0.25) is 5.91 Å². The Morgan fingerprint density at radius 1 is 1.23 bits per heavy atom. The van der Waals surface area contributed by atoms with Gasteiger partial charge in [-0.3, -0.25) is 4.79 Å². The first kappa shape index (κ1) is 15.8. The topological polar surface area (TPSA) is 20.3 Å². The lowest BCUT2D eigenvalue weighted by molar-refractivity contribution is -0.132. The molecule has 0 unspecified atom stereocenters. The average Bonchev–Trinajstić information content (AvgIpc) is 3.20. The third-order valence-corrected chi connectivity index (χ3v) is 5.29. The van der Waals surface area contributed by atoms with Crippen molar-refractivity contribution in [2.45, 2.75) is 64.0 Å². The lowest BCUT2D eigenvalue weighted by Gasteiger charge is -2.24. The van der Waals surface area contributed by atoms with Crippen LogP contribution in [0.4, 0.5) is 4.39 Å². The smallest absolute Gasteiger partial charge is 0.223 e. The molecule has 0 aliphatic heterocycles. The molecule has 1 aromatic carbocycles. The van der Waals surface area contributed by atoms with E-state index in [-0.39, 0.29) is 17.8 Å². The van der Waals surface area contributed by atoms with Gasteiger partial charge in [0.05, 0.1) is 6.54 Å². The Hall–Kier alpha value is -1.09. The molecule has 0 heterocycles. The van der Waals surface area contributed by atoms with Crippen molar-refractivity contribution in [2.75, 3.05) is 0 Å². The Balaban J connectivity index is 1.63. The van der Waals surface area contributed by atoms with Crippen LogP contribution < -0.4 is 0 Å². The Morgan fingerprint density at radius 3 is 2.59 bits per heavy atom. The minimum absolute atomic E-state index is 0.161. The van der Waals surface area contributed by atoms with E-state index >= 15 is 0 Å². The van der Waals surface area contributed by atoms with Gasteiger partial charge >= 0.3 is 0 Å². The van der Waals surface area contributed by atoms with Gasteiger partial charge in [-0.1, -0.05) is 43.4 Å². The fourth-order valence-corrected chi connectivity index (χ4v) is 3.65. The van der Waals surface area contributed by atoms with Crippen LogP contribution in [0, 0.1) is 11.7 Å². The number of benzene rings is 1. The van der Waals surface area contributed by atoms with Gasteiger partial charge in [-0.25, -0.2) is 4.39 Å². The quantitative estimate of drug-likeness (QED) is 0.726. The van der Waals surface area contributed by atoms with E-state index in [9.17, 15) is 9.18 Å². The maximum Gasteiger partial charge on any atom is 0.223 e. The van der Waals surface area contributed by atoms with E-state index in [0.717, 1.165) is 19.3 Å². The second-order valence-electron chi connectivity index (χ2n) is 6.64. The summed E-state index contributed by atoms with van der Waals surface area (Å²) in [5.41, 5.74) is 0.449. The average molecular weight is 324 g/mol. The summed E-state index contributed by atoms with van der Waals surface area (Å²) in [4.78, 5) is 14.4. The van der Waals surface area contributed by atoms with E-state index in [1.807, 2.05) is 4.90 Å². The van der Waals surface area contributed by atoms with Crippen LogP contribution in [0.1, 0.15) is 56.9 Å². The van der Waals surface area contributed by atoms with Crippen LogP contribution in [0.3, 0.4) is 0 Å². The largest absolute Gasteiger partial charge is 0.335 e. The van der Waals surface area contributed by atoms with Crippen LogP contribution >= 0.6 is 11.6 Å². The van der Waals surface area contributed by atoms with E-state index in [4.69, 9.17) is 11.6 Å². The predicted octanol–water partition coefficient (Wildman–Crippen LogP) is 4.94. The van der Waals surface area contributed by atoms with E-state index < -0.39 is 0 Å². The molecular formula is C18H23ClFNO. The SMILES string of the molecule is O=C(CCC1CCCC1)N(Cc1c(F)cccc1Cl)C1CC1. The van der Waals surface area contributed by atoms with Crippen LogP contribution in [-0.4, -0.2) is 16.8 Å². The van der Waals surface area contributed by atoms with E-state index in [1.165, 1.54) is 31.7 Å². The highest BCUT2D eigenvalue weighted by atomic mass is 35.5. The third kappa shape index (κ3) is 3.81. The predicted molar refractivity (Wildman–Crippen MR) is 86.2 cm³/mol. The van der Waals surface area contributed by atoms with Gasteiger partial charge in [0, 0.05) is 23.0 Å². The summed E-state index contributed by atoms with van der Waals surface area (Å²) in [5, 5.41) is 0.411. The third-order valence-electron chi connectivity index (χ3n) is 4.94. The Labute approximate surface area is 136 Å². The summed E-state index contributed by atoms with van der Waals surface area (Å²) in [7, 11) is 0. The molecule has 2 fully saturated rings. The Kier molecular flexibility index (Phi) is 5.02. The van der Waals surface area contributed by atoms with Crippen molar-refractivity contribution in [2.24, 2.45) is 5.92 Å². The fourth-order valence-electron chi connectivity index (χ4n) is 3.43. The van der Waals surface area contributed by atoms with E-state index in [1.54, 1.807) is 12.1 Å². The highest BCUT2D eigenvalue weighted by Crippen LogP contribution is 2.33. The maximum atomic E-state index is 14.0. The molecule has 0 bridgehead atoms. The van der Waals surface area contributed by atoms with Gasteiger partial charge in [0.15, 0.2) is 0 Å². The van der Waals surface area contributed by atoms with Crippen LogP contribution in [0.2, 0.25) is 5.02 Å². The zero-order valence-electron chi connectivity index (χ0n) is 12.9. The first-order chi connectivity index (χ1) is 10.6. The summed E-state index contributed by atoms with van der Waals surface area (Å²) < 4.78 is 14.0. The van der Waals surface area contributed by atoms with Crippen molar-refractivity contribution in [1.29, 1.82) is 0 Å². The number of amides is 1. The van der Waals surface area contributed by atoms with Gasteiger partial charge in [-0.15, -0.1) is 0 Å². The Bertz CT molecular complexity index is 518. The molecule has 22 heavy (non-hydrogen) atoms. The van der Waals surface area contributed by atoms with Gasteiger partial charge in [-0.2, -0.15) is 0 Å². The lowest BCUT2D eigenvalue weighted by Crippen LogP contribution is -2.33. The normalized spacial score (nSPS) is 18.6. The minimum Gasteiger partial charge on any atom is -0.335 e. The van der Waals surface area contributed by atoms with Gasteiger partial charge in [0.25, 0.3) is 0 Å². The number of halogens is 2. The summed E-state index contributed by atoms with van der Waals surface area (Å²) in [6.45, 7) is 0.305. The van der Waals surface area contributed by atoms with Crippen LogP contribution in [0.25, 0.3) is 0 Å². The lowest BCUT2D eigenvalue weighted by atomic mass is 10.0. The van der Waals surface area contributed by atoms with E-state index in [0.29, 0.717) is 29.5 Å². The maximum absolute atomic E-state index is 14.0. The van der Waals surface area contributed by atoms with E-state index in [2.05, 4.69) is 0 Å². The van der Waals surface area contributed by atoms with Crippen molar-refractivity contribution in [3.8, 4) is 0 Å². The summed E-state index contributed by atoms with van der Waals surface area (Å²) >= 11 is 6.11. The summed E-state index contributed by atoms with van der Waals surface area (Å²) in [5.74, 6) is 0.553. The van der Waals surface area contributed by atoms with Crippen molar-refractivity contribution in [3.05, 3.63) is 34.6 Å². The first-order valence-corrected chi connectivity index (χ1v) is 8.75. The molecule has 4 heteroatoms. The minimum atomic E-state index is -0.318. The molecule has 0 spiro atoms. The number of nitrogens with zero attached hydrogens (tertiary/aromatic N) is 1. The molecule has 1 aromatic rings. The number of hydrogen-bond donors (Lipinski definition) is 0. The molecule has 0 radical (unpaired) electrons. The van der Waals surface area contributed by atoms with Gasteiger partial charge in [0.1, 0.15) is 5.82 Å². The molecule has 0 atom stereocenters. The van der Waals surface area contributed by atoms with Gasteiger partial charge in [-0.05, 0) is 37.3 Å². The highest BCUT2D eigenvalue weighted by Gasteiger charge is 2.33. The van der Waals surface area contributed by atoms with Crippen LogP contribution in [-0.2, 0) is 11.3 Å². The number of carbonyl (C=O) groups is 1. The van der Waals surface area contributed by atoms with Gasteiger partial charge < -0.3 is 4.90 Å². The molecule has 2 saturated carbocycles. The number of rotatable bonds is 6. The highest BCUT2D eigenvalue weighted by molar-refractivity contribution is 6.31. The molecular weight excluding hydrogens is 301 g/mol. The first-order valence-electron chi connectivity index (χ1n) is 8.37. The zero-order valence-corrected chi connectivity index (χ0v) is 13.6. The second-order valence-corrected chi connectivity index (χ2v) is 7.05. The van der Waals surface area contributed by atoms with Crippen molar-refractivity contribution in [1.82, 2.24) is 4.90 Å². The molecule has 2 nitrogen and oxygen atoms in total. The Morgan fingerprint density at radius 2 is 1.95 bits per heavy atom. The monoisotopic (exact) mass is 323 g/mol. The fraction of sp³-hybridized carbons (Fsp3) is 0.611. The van der Waals surface area contributed by atoms with Crippen LogP contribution in [0.5, 0.6) is 0 Å². The molecule has 120 valence electrons. The second kappa shape index (κ2) is 6.99. The van der Waals surface area contributed by atoms with Crippen molar-refractivity contribution in [3.63, 3.8) is 0 Å². The number of carbonyl (C=O) groups excluding carboxylic acids is 1. The molecule has 0 aromatic heterocycles.